The topological polar surface area (TPSA) is 73.6 Å². The minimum absolute atomic E-state index is 0.0677. The number of amides is 1. The summed E-state index contributed by atoms with van der Waals surface area (Å²) in [5.41, 5.74) is 5.67. The molecule has 0 aromatic carbocycles. The van der Waals surface area contributed by atoms with E-state index in [-0.39, 0.29) is 12.0 Å². The summed E-state index contributed by atoms with van der Waals surface area (Å²) in [7, 11) is 3.26. The highest BCUT2D eigenvalue weighted by Crippen LogP contribution is 2.29. The third-order valence-electron chi connectivity index (χ3n) is 3.99. The van der Waals surface area contributed by atoms with Crippen LogP contribution in [0.5, 0.6) is 0 Å². The number of rotatable bonds is 8. The zero-order valence-corrected chi connectivity index (χ0v) is 12.2. The smallest absolute Gasteiger partial charge is 0.220 e. The molecule has 1 rings (SSSR count). The fraction of sp³-hybridized carbons (Fsp3) is 0.929. The molecule has 19 heavy (non-hydrogen) atoms. The van der Waals surface area contributed by atoms with Gasteiger partial charge >= 0.3 is 0 Å². The van der Waals surface area contributed by atoms with Gasteiger partial charge in [-0.05, 0) is 44.1 Å². The molecular formula is C14H28N2O3. The third-order valence-corrected chi connectivity index (χ3v) is 3.99. The number of nitrogens with one attached hydrogen (secondary N) is 1. The van der Waals surface area contributed by atoms with Crippen LogP contribution in [-0.2, 0) is 14.3 Å². The first-order chi connectivity index (χ1) is 9.19. The van der Waals surface area contributed by atoms with Crippen molar-refractivity contribution in [2.45, 2.75) is 38.2 Å². The van der Waals surface area contributed by atoms with E-state index in [2.05, 4.69) is 5.32 Å². The maximum atomic E-state index is 11.9. The van der Waals surface area contributed by atoms with Crippen LogP contribution in [0.2, 0.25) is 0 Å². The summed E-state index contributed by atoms with van der Waals surface area (Å²) in [5, 5.41) is 2.92. The lowest BCUT2D eigenvalue weighted by Crippen LogP contribution is -2.36. The van der Waals surface area contributed by atoms with E-state index in [1.807, 2.05) is 0 Å². The summed E-state index contributed by atoms with van der Waals surface area (Å²) in [6, 6.07) is 0. The van der Waals surface area contributed by atoms with E-state index in [1.165, 1.54) is 12.8 Å². The van der Waals surface area contributed by atoms with Gasteiger partial charge < -0.3 is 20.5 Å². The van der Waals surface area contributed by atoms with Crippen LogP contribution in [0.4, 0.5) is 0 Å². The van der Waals surface area contributed by atoms with E-state index in [0.29, 0.717) is 31.4 Å². The van der Waals surface area contributed by atoms with Crippen LogP contribution in [0.15, 0.2) is 0 Å². The summed E-state index contributed by atoms with van der Waals surface area (Å²) >= 11 is 0. The maximum Gasteiger partial charge on any atom is 0.220 e. The average Bonchev–Trinajstić information content (AvgIpc) is 2.44. The normalized spacial score (nSPS) is 25.0. The number of hydrogen-bond donors (Lipinski definition) is 2. The van der Waals surface area contributed by atoms with E-state index in [1.54, 1.807) is 14.2 Å². The largest absolute Gasteiger partial charge is 0.382 e. The van der Waals surface area contributed by atoms with Gasteiger partial charge in [0.15, 0.2) is 0 Å². The molecule has 1 saturated carbocycles. The second kappa shape index (κ2) is 9.28. The maximum absolute atomic E-state index is 11.9. The van der Waals surface area contributed by atoms with Crippen LogP contribution in [0.1, 0.15) is 32.1 Å². The number of methoxy groups -OCH3 is 2. The highest BCUT2D eigenvalue weighted by Gasteiger charge is 2.22. The first kappa shape index (κ1) is 16.4. The van der Waals surface area contributed by atoms with Crippen LogP contribution in [0.3, 0.4) is 0 Å². The molecule has 3 N–H and O–H groups in total. The molecule has 1 aliphatic rings. The minimum atomic E-state index is -0.0677. The lowest BCUT2D eigenvalue weighted by molar-refractivity contribution is -0.123. The van der Waals surface area contributed by atoms with Crippen LogP contribution >= 0.6 is 0 Å². The first-order valence-electron chi connectivity index (χ1n) is 7.18. The highest BCUT2D eigenvalue weighted by atomic mass is 16.5. The van der Waals surface area contributed by atoms with Crippen molar-refractivity contribution in [3.8, 4) is 0 Å². The van der Waals surface area contributed by atoms with Gasteiger partial charge in [-0.25, -0.2) is 0 Å². The predicted molar refractivity (Wildman–Crippen MR) is 74.8 cm³/mol. The predicted octanol–water partition coefficient (Wildman–Crippen LogP) is 0.919. The Morgan fingerprint density at radius 2 is 1.89 bits per heavy atom. The van der Waals surface area contributed by atoms with Gasteiger partial charge in [0.25, 0.3) is 0 Å². The fourth-order valence-electron chi connectivity index (χ4n) is 2.63. The molecule has 1 unspecified atom stereocenters. The average molecular weight is 272 g/mol. The van der Waals surface area contributed by atoms with Crippen molar-refractivity contribution in [2.24, 2.45) is 17.6 Å². The molecule has 1 aliphatic carbocycles. The molecule has 0 radical (unpaired) electrons. The molecule has 0 aliphatic heterocycles. The molecule has 112 valence electrons. The molecule has 5 heteroatoms. The van der Waals surface area contributed by atoms with Gasteiger partial charge in [0.1, 0.15) is 0 Å². The lowest BCUT2D eigenvalue weighted by atomic mass is 9.80. The molecule has 0 heterocycles. The van der Waals surface area contributed by atoms with Crippen LogP contribution < -0.4 is 11.1 Å². The summed E-state index contributed by atoms with van der Waals surface area (Å²) in [6.07, 6.45) is 5.14. The van der Waals surface area contributed by atoms with E-state index in [4.69, 9.17) is 15.2 Å². The number of hydrogen-bond acceptors (Lipinski definition) is 4. The molecule has 1 fully saturated rings. The van der Waals surface area contributed by atoms with E-state index in [9.17, 15) is 4.79 Å². The van der Waals surface area contributed by atoms with Gasteiger partial charge in [-0.1, -0.05) is 0 Å². The molecule has 0 aromatic rings. The summed E-state index contributed by atoms with van der Waals surface area (Å²) in [4.78, 5) is 11.9. The standard InChI is InChI=1S/C14H28N2O3/c1-18-10-13(19-2)9-16-14(17)7-11-3-5-12(8-15)6-4-11/h11-13H,3-10,15H2,1-2H3,(H,16,17). The molecule has 0 aromatic heterocycles. The molecule has 5 nitrogen and oxygen atoms in total. The monoisotopic (exact) mass is 272 g/mol. The van der Waals surface area contributed by atoms with Crippen LogP contribution in [-0.4, -0.2) is 45.9 Å². The highest BCUT2D eigenvalue weighted by molar-refractivity contribution is 5.76. The number of ether oxygens (including phenoxy) is 2. The lowest BCUT2D eigenvalue weighted by Gasteiger charge is -2.27. The summed E-state index contributed by atoms with van der Waals surface area (Å²) in [6.45, 7) is 1.80. The van der Waals surface area contributed by atoms with Gasteiger partial charge in [-0.2, -0.15) is 0 Å². The Morgan fingerprint density at radius 3 is 2.42 bits per heavy atom. The molecule has 1 amide bonds. The summed E-state index contributed by atoms with van der Waals surface area (Å²) in [5.74, 6) is 1.31. The van der Waals surface area contributed by atoms with Crippen molar-refractivity contribution in [1.29, 1.82) is 0 Å². The van der Waals surface area contributed by atoms with Crippen molar-refractivity contribution in [3.63, 3.8) is 0 Å². The Bertz CT molecular complexity index is 253. The Labute approximate surface area is 116 Å². The zero-order valence-electron chi connectivity index (χ0n) is 12.2. The third kappa shape index (κ3) is 6.36. The zero-order chi connectivity index (χ0) is 14.1. The van der Waals surface area contributed by atoms with Crippen molar-refractivity contribution in [1.82, 2.24) is 5.32 Å². The van der Waals surface area contributed by atoms with Gasteiger partial charge in [-0.3, -0.25) is 4.79 Å². The first-order valence-corrected chi connectivity index (χ1v) is 7.18. The number of carbonyl (C=O) groups excluding carboxylic acids is 1. The minimum Gasteiger partial charge on any atom is -0.382 e. The molecule has 0 bridgehead atoms. The second-order valence-corrected chi connectivity index (χ2v) is 5.44. The second-order valence-electron chi connectivity index (χ2n) is 5.44. The Kier molecular flexibility index (Phi) is 8.02. The van der Waals surface area contributed by atoms with Crippen molar-refractivity contribution < 1.29 is 14.3 Å². The quantitative estimate of drug-likeness (QED) is 0.689. The molecule has 0 spiro atoms. The van der Waals surface area contributed by atoms with E-state index in [0.717, 1.165) is 19.4 Å². The SMILES string of the molecule is COCC(CNC(=O)CC1CCC(CN)CC1)OC. The molecule has 1 atom stereocenters. The summed E-state index contributed by atoms with van der Waals surface area (Å²) < 4.78 is 10.2. The van der Waals surface area contributed by atoms with Gasteiger partial charge in [0.05, 0.1) is 12.7 Å². The van der Waals surface area contributed by atoms with Crippen molar-refractivity contribution in [2.75, 3.05) is 33.9 Å². The van der Waals surface area contributed by atoms with E-state index >= 15 is 0 Å². The van der Waals surface area contributed by atoms with Crippen LogP contribution in [0, 0.1) is 11.8 Å². The fourth-order valence-corrected chi connectivity index (χ4v) is 2.63. The van der Waals surface area contributed by atoms with Gasteiger partial charge in [0, 0.05) is 27.2 Å². The van der Waals surface area contributed by atoms with Gasteiger partial charge in [0.2, 0.25) is 5.91 Å². The Balaban J connectivity index is 2.17. The van der Waals surface area contributed by atoms with Crippen molar-refractivity contribution >= 4 is 5.91 Å². The molecule has 0 saturated heterocycles. The van der Waals surface area contributed by atoms with E-state index < -0.39 is 0 Å². The number of carbonyl (C=O) groups is 1. The number of nitrogens with two attached hydrogens (primary N) is 1. The Hall–Kier alpha value is -0.650. The Morgan fingerprint density at radius 1 is 1.26 bits per heavy atom. The molecular weight excluding hydrogens is 244 g/mol. The van der Waals surface area contributed by atoms with Crippen molar-refractivity contribution in [3.05, 3.63) is 0 Å². The van der Waals surface area contributed by atoms with Gasteiger partial charge in [-0.15, -0.1) is 0 Å². The van der Waals surface area contributed by atoms with Crippen LogP contribution in [0.25, 0.3) is 0 Å².